The lowest BCUT2D eigenvalue weighted by Crippen LogP contribution is -2.31. The fraction of sp³-hybridized carbons (Fsp3) is 0.192. The van der Waals surface area contributed by atoms with Crippen LogP contribution in [0.2, 0.25) is 0 Å². The Labute approximate surface area is 190 Å². The maximum absolute atomic E-state index is 13.4. The van der Waals surface area contributed by atoms with Crippen LogP contribution in [0.5, 0.6) is 11.5 Å². The molecule has 1 aliphatic rings. The van der Waals surface area contributed by atoms with E-state index in [2.05, 4.69) is 0 Å². The first-order chi connectivity index (χ1) is 16.0. The number of hydrogen-bond donors (Lipinski definition) is 1. The molecule has 7 nitrogen and oxygen atoms in total. The molecule has 1 aliphatic heterocycles. The number of benzene rings is 3. The molecule has 1 atom stereocenters. The topological polar surface area (TPSA) is 84.7 Å². The lowest BCUT2D eigenvalue weighted by atomic mass is 10.1. The lowest BCUT2D eigenvalue weighted by molar-refractivity contribution is 0.0737. The van der Waals surface area contributed by atoms with Crippen molar-refractivity contribution in [2.45, 2.75) is 19.4 Å². The van der Waals surface area contributed by atoms with E-state index >= 15 is 0 Å². The van der Waals surface area contributed by atoms with E-state index < -0.39 is 0 Å². The van der Waals surface area contributed by atoms with Crippen LogP contribution < -0.4 is 10.3 Å². The smallest absolute Gasteiger partial charge is 0.265 e. The van der Waals surface area contributed by atoms with Gasteiger partial charge in [0.15, 0.2) is 0 Å². The van der Waals surface area contributed by atoms with E-state index in [-0.39, 0.29) is 23.3 Å². The molecule has 0 radical (unpaired) electrons. The molecule has 7 heteroatoms. The van der Waals surface area contributed by atoms with E-state index in [1.807, 2.05) is 43.3 Å². The number of methoxy groups -OCH3 is 1. The minimum atomic E-state index is -0.213. The number of amides is 1. The fourth-order valence-electron chi connectivity index (χ4n) is 4.49. The van der Waals surface area contributed by atoms with Crippen LogP contribution in [-0.2, 0) is 6.42 Å². The van der Waals surface area contributed by atoms with Gasteiger partial charge in [-0.1, -0.05) is 24.3 Å². The third-order valence-corrected chi connectivity index (χ3v) is 6.22. The standard InChI is InChI=1S/C26H23N3O4/c1-16-19-7-5-9-22(30)24(19)26(32)28(16)15-14-23-27-21-8-4-3-6-20(21)25(31)29(23)17-10-12-18(33-2)13-11-17/h3-13,16,30H,14-15H2,1-2H3/t16-/m1/s1. The van der Waals surface area contributed by atoms with Gasteiger partial charge in [0.05, 0.1) is 35.3 Å². The summed E-state index contributed by atoms with van der Waals surface area (Å²) in [5.41, 5.74) is 2.28. The third-order valence-electron chi connectivity index (χ3n) is 6.22. The summed E-state index contributed by atoms with van der Waals surface area (Å²) < 4.78 is 6.84. The van der Waals surface area contributed by atoms with Crippen molar-refractivity contribution in [3.63, 3.8) is 0 Å². The number of hydrogen-bond acceptors (Lipinski definition) is 5. The van der Waals surface area contributed by atoms with Gasteiger partial charge in [0.25, 0.3) is 11.5 Å². The molecule has 4 aromatic rings. The van der Waals surface area contributed by atoms with E-state index in [1.54, 1.807) is 40.8 Å². The second-order valence-electron chi connectivity index (χ2n) is 8.05. The quantitative estimate of drug-likeness (QED) is 0.508. The summed E-state index contributed by atoms with van der Waals surface area (Å²) >= 11 is 0. The largest absolute Gasteiger partial charge is 0.507 e. The van der Waals surface area contributed by atoms with E-state index in [0.717, 1.165) is 5.56 Å². The van der Waals surface area contributed by atoms with Crippen LogP contribution in [0.15, 0.2) is 71.5 Å². The van der Waals surface area contributed by atoms with Crippen molar-refractivity contribution in [3.8, 4) is 17.2 Å². The Hall–Kier alpha value is -4.13. The van der Waals surface area contributed by atoms with E-state index in [4.69, 9.17) is 9.72 Å². The Bertz CT molecular complexity index is 1430. The van der Waals surface area contributed by atoms with Gasteiger partial charge in [-0.3, -0.25) is 14.2 Å². The van der Waals surface area contributed by atoms with Gasteiger partial charge in [0, 0.05) is 13.0 Å². The van der Waals surface area contributed by atoms with Gasteiger partial charge in [-0.2, -0.15) is 0 Å². The van der Waals surface area contributed by atoms with Crippen molar-refractivity contribution in [1.29, 1.82) is 0 Å². The number of aromatic hydroxyl groups is 1. The summed E-state index contributed by atoms with van der Waals surface area (Å²) in [4.78, 5) is 32.9. The molecule has 3 aromatic carbocycles. The number of fused-ring (bicyclic) bond motifs is 2. The zero-order chi connectivity index (χ0) is 23.1. The zero-order valence-electron chi connectivity index (χ0n) is 18.4. The average molecular weight is 441 g/mol. The predicted molar refractivity (Wildman–Crippen MR) is 125 cm³/mol. The Morgan fingerprint density at radius 3 is 2.48 bits per heavy atom. The minimum Gasteiger partial charge on any atom is -0.507 e. The highest BCUT2D eigenvalue weighted by molar-refractivity contribution is 6.01. The second-order valence-corrected chi connectivity index (χ2v) is 8.05. The van der Waals surface area contributed by atoms with Crippen LogP contribution >= 0.6 is 0 Å². The molecule has 0 aliphatic carbocycles. The SMILES string of the molecule is COc1ccc(-n2c(CCN3C(=O)c4c(O)cccc4[C@H]3C)nc3ccccc3c2=O)cc1. The van der Waals surface area contributed by atoms with Gasteiger partial charge in [0.2, 0.25) is 0 Å². The van der Waals surface area contributed by atoms with Gasteiger partial charge >= 0.3 is 0 Å². The number of rotatable bonds is 5. The van der Waals surface area contributed by atoms with E-state index in [0.29, 0.717) is 46.7 Å². The molecule has 1 N–H and O–H groups in total. The molecule has 2 heterocycles. The summed E-state index contributed by atoms with van der Waals surface area (Å²) in [5.74, 6) is 1.03. The number of nitrogens with zero attached hydrogens (tertiary/aromatic N) is 3. The molecule has 1 aromatic heterocycles. The Balaban J connectivity index is 1.55. The highest BCUT2D eigenvalue weighted by Gasteiger charge is 2.35. The molecule has 5 rings (SSSR count). The molecule has 0 saturated carbocycles. The molecule has 0 fully saturated rings. The Morgan fingerprint density at radius 2 is 1.76 bits per heavy atom. The first-order valence-electron chi connectivity index (χ1n) is 10.8. The first-order valence-corrected chi connectivity index (χ1v) is 10.8. The monoisotopic (exact) mass is 441 g/mol. The summed E-state index contributed by atoms with van der Waals surface area (Å²) in [6, 6.07) is 19.4. The molecule has 166 valence electrons. The van der Waals surface area contributed by atoms with Crippen LogP contribution in [-0.4, -0.2) is 39.1 Å². The average Bonchev–Trinajstić information content (AvgIpc) is 3.08. The van der Waals surface area contributed by atoms with Crippen LogP contribution in [0.1, 0.15) is 34.7 Å². The van der Waals surface area contributed by atoms with Crippen LogP contribution in [0, 0.1) is 0 Å². The number of aromatic nitrogens is 2. The summed E-state index contributed by atoms with van der Waals surface area (Å²) in [7, 11) is 1.59. The van der Waals surface area contributed by atoms with Crippen molar-refractivity contribution in [2.24, 2.45) is 0 Å². The normalized spacial score (nSPS) is 15.2. The highest BCUT2D eigenvalue weighted by Crippen LogP contribution is 2.37. The molecular weight excluding hydrogens is 418 g/mol. The highest BCUT2D eigenvalue weighted by atomic mass is 16.5. The zero-order valence-corrected chi connectivity index (χ0v) is 18.4. The number of carbonyl (C=O) groups is 1. The predicted octanol–water partition coefficient (Wildman–Crippen LogP) is 3.86. The van der Waals surface area contributed by atoms with Crippen molar-refractivity contribution in [2.75, 3.05) is 13.7 Å². The van der Waals surface area contributed by atoms with Crippen molar-refractivity contribution >= 4 is 16.8 Å². The number of ether oxygens (including phenoxy) is 1. The molecule has 0 spiro atoms. The molecule has 0 unspecified atom stereocenters. The molecular formula is C26H23N3O4. The third kappa shape index (κ3) is 3.42. The molecule has 0 saturated heterocycles. The van der Waals surface area contributed by atoms with Gasteiger partial charge in [-0.15, -0.1) is 0 Å². The number of para-hydroxylation sites is 1. The second kappa shape index (κ2) is 8.09. The van der Waals surface area contributed by atoms with Gasteiger partial charge in [-0.25, -0.2) is 4.98 Å². The first kappa shape index (κ1) is 20.8. The minimum absolute atomic E-state index is 0.00850. The van der Waals surface area contributed by atoms with Gasteiger partial charge < -0.3 is 14.7 Å². The lowest BCUT2D eigenvalue weighted by Gasteiger charge is -2.23. The van der Waals surface area contributed by atoms with Gasteiger partial charge in [-0.05, 0) is 55.0 Å². The van der Waals surface area contributed by atoms with Crippen molar-refractivity contribution in [1.82, 2.24) is 14.5 Å². The molecule has 1 amide bonds. The van der Waals surface area contributed by atoms with Gasteiger partial charge in [0.1, 0.15) is 17.3 Å². The van der Waals surface area contributed by atoms with Crippen LogP contribution in [0.3, 0.4) is 0 Å². The summed E-state index contributed by atoms with van der Waals surface area (Å²) in [5, 5.41) is 10.7. The molecule has 33 heavy (non-hydrogen) atoms. The maximum atomic E-state index is 13.4. The summed E-state index contributed by atoms with van der Waals surface area (Å²) in [6.45, 7) is 2.29. The summed E-state index contributed by atoms with van der Waals surface area (Å²) in [6.07, 6.45) is 0.372. The van der Waals surface area contributed by atoms with Crippen LogP contribution in [0.25, 0.3) is 16.6 Å². The Morgan fingerprint density at radius 1 is 1.00 bits per heavy atom. The van der Waals surface area contributed by atoms with E-state index in [9.17, 15) is 14.7 Å². The number of phenols is 1. The Kier molecular flexibility index (Phi) is 5.09. The number of carbonyl (C=O) groups excluding carboxylic acids is 1. The maximum Gasteiger partial charge on any atom is 0.265 e. The number of phenolic OH excluding ortho intramolecular Hbond substituents is 1. The van der Waals surface area contributed by atoms with Crippen molar-refractivity contribution < 1.29 is 14.6 Å². The van der Waals surface area contributed by atoms with E-state index in [1.165, 1.54) is 6.07 Å². The fourth-order valence-corrected chi connectivity index (χ4v) is 4.49. The van der Waals surface area contributed by atoms with Crippen molar-refractivity contribution in [3.05, 3.63) is 94.0 Å². The molecule has 0 bridgehead atoms. The van der Waals surface area contributed by atoms with Crippen LogP contribution in [0.4, 0.5) is 0 Å².